The van der Waals surface area contributed by atoms with Crippen molar-refractivity contribution in [2.45, 2.75) is 6.42 Å². The number of benzene rings is 1. The summed E-state index contributed by atoms with van der Waals surface area (Å²) < 4.78 is 1.02. The highest BCUT2D eigenvalue weighted by Crippen LogP contribution is 2.15. The number of carbonyl (C=O) groups is 1. The monoisotopic (exact) mass is 392 g/mol. The lowest BCUT2D eigenvalue weighted by Gasteiger charge is -2.22. The second-order valence-electron chi connectivity index (χ2n) is 4.66. The van der Waals surface area contributed by atoms with E-state index in [0.29, 0.717) is 5.88 Å². The fraction of sp³-hybridized carbons (Fsp3) is 0.500. The Morgan fingerprint density at radius 3 is 2.74 bits per heavy atom. The Kier molecular flexibility index (Phi) is 5.91. The Bertz CT molecular complexity index is 441. The molecule has 0 bridgehead atoms. The summed E-state index contributed by atoms with van der Waals surface area (Å²) in [7, 11) is 0. The number of hydrogen-bond acceptors (Lipinski definition) is 2. The van der Waals surface area contributed by atoms with Gasteiger partial charge < -0.3 is 9.80 Å². The predicted octanol–water partition coefficient (Wildman–Crippen LogP) is 2.68. The first-order valence-electron chi connectivity index (χ1n) is 6.54. The molecule has 0 unspecified atom stereocenters. The second-order valence-corrected chi connectivity index (χ2v) is 6.20. The molecule has 1 fully saturated rings. The molecule has 1 aromatic rings. The van der Waals surface area contributed by atoms with Crippen LogP contribution in [0.15, 0.2) is 24.3 Å². The first-order valence-corrected chi connectivity index (χ1v) is 8.16. The molecule has 0 N–H and O–H groups in total. The van der Waals surface area contributed by atoms with Crippen LogP contribution < -0.4 is 0 Å². The smallest absolute Gasteiger partial charge is 0.254 e. The number of hydrogen-bond donors (Lipinski definition) is 0. The highest BCUT2D eigenvalue weighted by Gasteiger charge is 2.21. The van der Waals surface area contributed by atoms with E-state index in [1.54, 1.807) is 0 Å². The third-order valence-corrected chi connectivity index (χ3v) is 4.49. The average molecular weight is 393 g/mol. The largest absolute Gasteiger partial charge is 0.337 e. The molecule has 1 heterocycles. The topological polar surface area (TPSA) is 23.6 Å². The minimum atomic E-state index is 0.151. The molecule has 1 saturated heterocycles. The van der Waals surface area contributed by atoms with Crippen LogP contribution in [-0.2, 0) is 0 Å². The molecule has 1 aliphatic rings. The molecule has 1 aromatic carbocycles. The summed E-state index contributed by atoms with van der Waals surface area (Å²) in [6.07, 6.45) is 1.02. The highest BCUT2D eigenvalue weighted by molar-refractivity contribution is 14.1. The van der Waals surface area contributed by atoms with Crippen LogP contribution in [0.4, 0.5) is 0 Å². The van der Waals surface area contributed by atoms with Crippen LogP contribution in [0.5, 0.6) is 0 Å². The van der Waals surface area contributed by atoms with Crippen LogP contribution in [0, 0.1) is 3.57 Å². The molecule has 0 aromatic heterocycles. The summed E-state index contributed by atoms with van der Waals surface area (Å²) in [5.74, 6) is 0.808. The minimum Gasteiger partial charge on any atom is -0.337 e. The number of nitrogens with zero attached hydrogens (tertiary/aromatic N) is 2. The fourth-order valence-corrected chi connectivity index (χ4v) is 3.18. The minimum absolute atomic E-state index is 0.151. The number of alkyl halides is 1. The molecule has 19 heavy (non-hydrogen) atoms. The number of halogens is 2. The Hall–Kier alpha value is -0.330. The van der Waals surface area contributed by atoms with Crippen molar-refractivity contribution < 1.29 is 4.79 Å². The van der Waals surface area contributed by atoms with Gasteiger partial charge in [0, 0.05) is 35.6 Å². The van der Waals surface area contributed by atoms with Crippen LogP contribution in [-0.4, -0.2) is 54.3 Å². The zero-order valence-electron chi connectivity index (χ0n) is 10.8. The molecule has 3 nitrogen and oxygen atoms in total. The lowest BCUT2D eigenvalue weighted by molar-refractivity contribution is 0.0761. The van der Waals surface area contributed by atoms with Crippen molar-refractivity contribution >= 4 is 40.1 Å². The summed E-state index contributed by atoms with van der Waals surface area (Å²) in [5, 5.41) is 0. The molecule has 1 amide bonds. The standard InChI is InChI=1S/C14H18ClIN2O/c15-6-9-17-7-3-8-18(11-10-17)14(19)12-4-1-2-5-13(12)16/h1-2,4-5H,3,6-11H2. The predicted molar refractivity (Wildman–Crippen MR) is 86.8 cm³/mol. The van der Waals surface area contributed by atoms with Gasteiger partial charge in [0.25, 0.3) is 5.91 Å². The van der Waals surface area contributed by atoms with Crippen molar-refractivity contribution in [3.63, 3.8) is 0 Å². The van der Waals surface area contributed by atoms with E-state index in [1.807, 2.05) is 29.2 Å². The summed E-state index contributed by atoms with van der Waals surface area (Å²) in [6, 6.07) is 7.77. The van der Waals surface area contributed by atoms with Gasteiger partial charge in [0.05, 0.1) is 5.56 Å². The van der Waals surface area contributed by atoms with Gasteiger partial charge in [-0.15, -0.1) is 11.6 Å². The van der Waals surface area contributed by atoms with E-state index in [4.69, 9.17) is 11.6 Å². The van der Waals surface area contributed by atoms with Crippen molar-refractivity contribution in [2.75, 3.05) is 38.6 Å². The first kappa shape index (κ1) is 15.1. The van der Waals surface area contributed by atoms with E-state index in [0.717, 1.165) is 48.3 Å². The third-order valence-electron chi connectivity index (χ3n) is 3.38. The normalized spacial score (nSPS) is 17.3. The molecule has 104 valence electrons. The summed E-state index contributed by atoms with van der Waals surface area (Å²) in [5.41, 5.74) is 0.814. The average Bonchev–Trinajstić information content (AvgIpc) is 2.65. The number of amides is 1. The maximum atomic E-state index is 12.5. The van der Waals surface area contributed by atoms with Crippen molar-refractivity contribution in [3.8, 4) is 0 Å². The summed E-state index contributed by atoms with van der Waals surface area (Å²) in [6.45, 7) is 4.49. The number of carbonyl (C=O) groups excluding carboxylic acids is 1. The molecular weight excluding hydrogens is 375 g/mol. The van der Waals surface area contributed by atoms with Gasteiger partial charge in [-0.25, -0.2) is 0 Å². The van der Waals surface area contributed by atoms with Gasteiger partial charge in [0.15, 0.2) is 0 Å². The van der Waals surface area contributed by atoms with Gasteiger partial charge in [0.2, 0.25) is 0 Å². The van der Waals surface area contributed by atoms with Gasteiger partial charge in [-0.1, -0.05) is 12.1 Å². The zero-order chi connectivity index (χ0) is 13.7. The van der Waals surface area contributed by atoms with Gasteiger partial charge >= 0.3 is 0 Å². The van der Waals surface area contributed by atoms with Crippen molar-refractivity contribution in [3.05, 3.63) is 33.4 Å². The first-order chi connectivity index (χ1) is 9.22. The fourth-order valence-electron chi connectivity index (χ4n) is 2.32. The molecule has 0 atom stereocenters. The van der Waals surface area contributed by atoms with Crippen molar-refractivity contribution in [1.29, 1.82) is 0 Å². The lowest BCUT2D eigenvalue weighted by Crippen LogP contribution is -2.36. The molecule has 0 radical (unpaired) electrons. The van der Waals surface area contributed by atoms with E-state index in [9.17, 15) is 4.79 Å². The molecule has 0 spiro atoms. The van der Waals surface area contributed by atoms with Gasteiger partial charge in [-0.2, -0.15) is 0 Å². The second kappa shape index (κ2) is 7.45. The van der Waals surface area contributed by atoms with Crippen molar-refractivity contribution in [2.24, 2.45) is 0 Å². The van der Waals surface area contributed by atoms with E-state index in [-0.39, 0.29) is 5.91 Å². The van der Waals surface area contributed by atoms with Crippen LogP contribution >= 0.6 is 34.2 Å². The molecule has 2 rings (SSSR count). The molecule has 0 saturated carbocycles. The Morgan fingerprint density at radius 1 is 1.21 bits per heavy atom. The summed E-state index contributed by atoms with van der Waals surface area (Å²) in [4.78, 5) is 16.8. The Balaban J connectivity index is 2.02. The highest BCUT2D eigenvalue weighted by atomic mass is 127. The lowest BCUT2D eigenvalue weighted by atomic mass is 10.2. The van der Waals surface area contributed by atoms with Crippen LogP contribution in [0.2, 0.25) is 0 Å². The number of rotatable bonds is 3. The molecule has 5 heteroatoms. The van der Waals surface area contributed by atoms with Gasteiger partial charge in [-0.3, -0.25) is 4.79 Å². The van der Waals surface area contributed by atoms with E-state index in [1.165, 1.54) is 0 Å². The molecule has 0 aliphatic carbocycles. The van der Waals surface area contributed by atoms with Gasteiger partial charge in [0.1, 0.15) is 0 Å². The van der Waals surface area contributed by atoms with Crippen LogP contribution in [0.3, 0.4) is 0 Å². The quantitative estimate of drug-likeness (QED) is 0.583. The van der Waals surface area contributed by atoms with Gasteiger partial charge in [-0.05, 0) is 47.7 Å². The SMILES string of the molecule is O=C(c1ccccc1I)N1CCCN(CCCl)CC1. The summed E-state index contributed by atoms with van der Waals surface area (Å²) >= 11 is 8.00. The molecule has 1 aliphatic heterocycles. The third kappa shape index (κ3) is 4.07. The Labute approximate surface area is 133 Å². The maximum absolute atomic E-state index is 12.5. The van der Waals surface area contributed by atoms with Crippen LogP contribution in [0.25, 0.3) is 0 Å². The Morgan fingerprint density at radius 2 is 2.00 bits per heavy atom. The maximum Gasteiger partial charge on any atom is 0.254 e. The molecular formula is C14H18ClIN2O. The van der Waals surface area contributed by atoms with E-state index in [2.05, 4.69) is 27.5 Å². The van der Waals surface area contributed by atoms with Crippen molar-refractivity contribution in [1.82, 2.24) is 9.80 Å². The van der Waals surface area contributed by atoms with E-state index < -0.39 is 0 Å². The van der Waals surface area contributed by atoms with Crippen LogP contribution in [0.1, 0.15) is 16.8 Å². The van der Waals surface area contributed by atoms with E-state index >= 15 is 0 Å². The zero-order valence-corrected chi connectivity index (χ0v) is 13.7.